The average molecular weight is 409 g/mol. The number of amidine groups is 1. The summed E-state index contributed by atoms with van der Waals surface area (Å²) in [6.07, 6.45) is 0.847. The van der Waals surface area contributed by atoms with Crippen molar-refractivity contribution < 1.29 is 19.5 Å². The van der Waals surface area contributed by atoms with Crippen molar-refractivity contribution in [1.29, 1.82) is 5.41 Å². The van der Waals surface area contributed by atoms with Gasteiger partial charge >= 0.3 is 12.0 Å². The highest BCUT2D eigenvalue weighted by Crippen LogP contribution is 2.22. The van der Waals surface area contributed by atoms with Crippen molar-refractivity contribution in [3.05, 3.63) is 59.7 Å². The first-order valence-electron chi connectivity index (χ1n) is 9.47. The van der Waals surface area contributed by atoms with E-state index in [-0.39, 0.29) is 18.2 Å². The Hall–Kier alpha value is -3.88. The summed E-state index contributed by atoms with van der Waals surface area (Å²) in [7, 11) is 0. The number of anilines is 2. The summed E-state index contributed by atoms with van der Waals surface area (Å²) in [6, 6.07) is 12.6. The number of aliphatic carboxylic acids is 1. The molecule has 0 unspecified atom stereocenters. The second-order valence-corrected chi connectivity index (χ2v) is 6.98. The molecule has 0 bridgehead atoms. The number of nitrogens with one attached hydrogen (secondary N) is 3. The van der Waals surface area contributed by atoms with Gasteiger partial charge in [-0.2, -0.15) is 0 Å². The van der Waals surface area contributed by atoms with Crippen LogP contribution >= 0.6 is 0 Å². The number of amides is 3. The summed E-state index contributed by atoms with van der Waals surface area (Å²) in [5, 5.41) is 21.6. The van der Waals surface area contributed by atoms with Gasteiger partial charge in [0.2, 0.25) is 5.91 Å². The molecule has 3 rings (SSSR count). The van der Waals surface area contributed by atoms with Crippen LogP contribution < -0.4 is 21.3 Å². The summed E-state index contributed by atoms with van der Waals surface area (Å²) in [6.45, 7) is 0.466. The van der Waals surface area contributed by atoms with Crippen molar-refractivity contribution in [2.24, 2.45) is 5.73 Å². The summed E-state index contributed by atoms with van der Waals surface area (Å²) >= 11 is 0. The zero-order valence-electron chi connectivity index (χ0n) is 16.2. The van der Waals surface area contributed by atoms with Gasteiger partial charge in [0.15, 0.2) is 0 Å². The summed E-state index contributed by atoms with van der Waals surface area (Å²) in [5.41, 5.74) is 8.03. The maximum atomic E-state index is 12.7. The van der Waals surface area contributed by atoms with Crippen LogP contribution in [0.1, 0.15) is 24.0 Å². The van der Waals surface area contributed by atoms with Crippen LogP contribution in [0.4, 0.5) is 16.2 Å². The number of hydrogen-bond acceptors (Lipinski definition) is 4. The van der Waals surface area contributed by atoms with Crippen LogP contribution in [0.3, 0.4) is 0 Å². The molecule has 9 heteroatoms. The minimum absolute atomic E-state index is 0.00938. The van der Waals surface area contributed by atoms with Crippen molar-refractivity contribution in [3.63, 3.8) is 0 Å². The van der Waals surface area contributed by atoms with E-state index in [1.165, 1.54) is 0 Å². The maximum absolute atomic E-state index is 12.7. The summed E-state index contributed by atoms with van der Waals surface area (Å²) in [5.74, 6) is -1.14. The van der Waals surface area contributed by atoms with E-state index in [0.717, 1.165) is 5.56 Å². The Balaban J connectivity index is 1.57. The van der Waals surface area contributed by atoms with Gasteiger partial charge in [0.1, 0.15) is 11.9 Å². The molecule has 2 aromatic carbocycles. The van der Waals surface area contributed by atoms with E-state index in [0.29, 0.717) is 36.3 Å². The standard InChI is InChI=1S/C21H23N5O4/c22-19(23)14-5-7-16(8-6-14)26-11-10-17(20(26)29)25-21(30)24-15-3-1-2-13(12-15)4-9-18(27)28/h1-3,5-8,12,17H,4,9-11H2,(H3,22,23)(H,27,28)(H2,24,25,30)/t17-/m0/s1. The zero-order valence-corrected chi connectivity index (χ0v) is 16.2. The molecule has 1 aliphatic rings. The molecular formula is C21H23N5O4. The second kappa shape index (κ2) is 9.08. The number of nitrogens with two attached hydrogens (primary N) is 1. The third-order valence-electron chi connectivity index (χ3n) is 4.81. The predicted octanol–water partition coefficient (Wildman–Crippen LogP) is 1.91. The second-order valence-electron chi connectivity index (χ2n) is 6.98. The highest BCUT2D eigenvalue weighted by Gasteiger charge is 2.33. The Bertz CT molecular complexity index is 974. The first-order valence-corrected chi connectivity index (χ1v) is 9.47. The van der Waals surface area contributed by atoms with Crippen LogP contribution in [0, 0.1) is 5.41 Å². The molecule has 0 saturated carbocycles. The highest BCUT2D eigenvalue weighted by atomic mass is 16.4. The normalized spacial score (nSPS) is 15.7. The number of carboxylic acids is 1. The van der Waals surface area contributed by atoms with Crippen LogP contribution in [0.5, 0.6) is 0 Å². The fraction of sp³-hybridized carbons (Fsp3) is 0.238. The SMILES string of the molecule is N=C(N)c1ccc(N2CC[C@H](NC(=O)Nc3cccc(CCC(=O)O)c3)C2=O)cc1. The lowest BCUT2D eigenvalue weighted by Crippen LogP contribution is -2.43. The molecule has 1 atom stereocenters. The molecule has 0 aromatic heterocycles. The number of benzene rings is 2. The van der Waals surface area contributed by atoms with Gasteiger partial charge < -0.3 is 26.4 Å². The van der Waals surface area contributed by atoms with Crippen LogP contribution in [0.15, 0.2) is 48.5 Å². The van der Waals surface area contributed by atoms with E-state index in [9.17, 15) is 14.4 Å². The molecule has 1 heterocycles. The van der Waals surface area contributed by atoms with Crippen molar-refractivity contribution in [2.75, 3.05) is 16.8 Å². The van der Waals surface area contributed by atoms with E-state index >= 15 is 0 Å². The van der Waals surface area contributed by atoms with Crippen LogP contribution in [-0.2, 0) is 16.0 Å². The molecule has 9 nitrogen and oxygen atoms in total. The molecular weight excluding hydrogens is 386 g/mol. The van der Waals surface area contributed by atoms with Crippen LogP contribution in [0.2, 0.25) is 0 Å². The van der Waals surface area contributed by atoms with E-state index in [1.807, 2.05) is 0 Å². The number of urea groups is 1. The quantitative estimate of drug-likeness (QED) is 0.350. The van der Waals surface area contributed by atoms with Gasteiger partial charge in [-0.1, -0.05) is 12.1 Å². The van der Waals surface area contributed by atoms with Gasteiger partial charge in [-0.05, 0) is 54.8 Å². The molecule has 0 spiro atoms. The Morgan fingerprint density at radius 3 is 2.60 bits per heavy atom. The van der Waals surface area contributed by atoms with Crippen molar-refractivity contribution in [3.8, 4) is 0 Å². The average Bonchev–Trinajstić information content (AvgIpc) is 3.07. The monoisotopic (exact) mass is 409 g/mol. The van der Waals surface area contributed by atoms with E-state index < -0.39 is 18.0 Å². The smallest absolute Gasteiger partial charge is 0.319 e. The lowest BCUT2D eigenvalue weighted by Gasteiger charge is -2.18. The molecule has 2 aromatic rings. The minimum Gasteiger partial charge on any atom is -0.481 e. The third kappa shape index (κ3) is 5.13. The van der Waals surface area contributed by atoms with Crippen molar-refractivity contribution >= 4 is 35.1 Å². The lowest BCUT2D eigenvalue weighted by atomic mass is 10.1. The van der Waals surface area contributed by atoms with E-state index in [1.54, 1.807) is 53.4 Å². The molecule has 1 saturated heterocycles. The molecule has 3 amide bonds. The molecule has 1 fully saturated rings. The number of hydrogen-bond donors (Lipinski definition) is 5. The largest absolute Gasteiger partial charge is 0.481 e. The Morgan fingerprint density at radius 1 is 1.20 bits per heavy atom. The molecule has 156 valence electrons. The van der Waals surface area contributed by atoms with E-state index in [2.05, 4.69) is 10.6 Å². The van der Waals surface area contributed by atoms with Gasteiger partial charge in [-0.3, -0.25) is 15.0 Å². The first kappa shape index (κ1) is 20.8. The molecule has 30 heavy (non-hydrogen) atoms. The van der Waals surface area contributed by atoms with Gasteiger partial charge in [0.05, 0.1) is 0 Å². The van der Waals surface area contributed by atoms with Gasteiger partial charge in [0, 0.05) is 29.9 Å². The third-order valence-corrected chi connectivity index (χ3v) is 4.81. The highest BCUT2D eigenvalue weighted by molar-refractivity contribution is 6.03. The summed E-state index contributed by atoms with van der Waals surface area (Å²) < 4.78 is 0. The number of nitrogen functional groups attached to an aromatic ring is 1. The van der Waals surface area contributed by atoms with Gasteiger partial charge in [-0.25, -0.2) is 4.79 Å². The molecule has 0 aliphatic carbocycles. The lowest BCUT2D eigenvalue weighted by molar-refractivity contribution is -0.137. The predicted molar refractivity (Wildman–Crippen MR) is 113 cm³/mol. The maximum Gasteiger partial charge on any atom is 0.319 e. The fourth-order valence-electron chi connectivity index (χ4n) is 3.27. The number of carbonyl (C=O) groups is 3. The number of carboxylic acid groups (broad SMARTS) is 1. The zero-order chi connectivity index (χ0) is 21.7. The minimum atomic E-state index is -0.883. The topological polar surface area (TPSA) is 149 Å². The van der Waals surface area contributed by atoms with Crippen molar-refractivity contribution in [1.82, 2.24) is 5.32 Å². The molecule has 6 N–H and O–H groups in total. The van der Waals surface area contributed by atoms with Gasteiger partial charge in [0.25, 0.3) is 0 Å². The Kier molecular flexibility index (Phi) is 6.31. The molecule has 0 radical (unpaired) electrons. The van der Waals surface area contributed by atoms with E-state index in [4.69, 9.17) is 16.2 Å². The van der Waals surface area contributed by atoms with Crippen molar-refractivity contribution in [2.45, 2.75) is 25.3 Å². The first-order chi connectivity index (χ1) is 14.3. The number of aryl methyl sites for hydroxylation is 1. The summed E-state index contributed by atoms with van der Waals surface area (Å²) in [4.78, 5) is 37.3. The Labute approximate surface area is 173 Å². The van der Waals surface area contributed by atoms with Crippen LogP contribution in [0.25, 0.3) is 0 Å². The fourth-order valence-corrected chi connectivity index (χ4v) is 3.27. The number of rotatable bonds is 7. The number of carbonyl (C=O) groups excluding carboxylic acids is 2. The molecule has 1 aliphatic heterocycles. The van der Waals surface area contributed by atoms with Gasteiger partial charge in [-0.15, -0.1) is 0 Å². The Morgan fingerprint density at radius 2 is 1.93 bits per heavy atom. The number of nitrogens with zero attached hydrogens (tertiary/aromatic N) is 1. The van der Waals surface area contributed by atoms with Crippen LogP contribution in [-0.4, -0.2) is 41.4 Å².